The molecule has 1 heterocycles. The summed E-state index contributed by atoms with van der Waals surface area (Å²) in [5.41, 5.74) is 0.344. The lowest BCUT2D eigenvalue weighted by Crippen LogP contribution is -2.16. The Morgan fingerprint density at radius 3 is 2.65 bits per heavy atom. The van der Waals surface area contributed by atoms with Crippen LogP contribution >= 0.6 is 27.5 Å². The number of hydrogen-bond acceptors (Lipinski definition) is 3. The molecule has 0 radical (unpaired) electrons. The van der Waals surface area contributed by atoms with E-state index in [-0.39, 0.29) is 11.1 Å². The van der Waals surface area contributed by atoms with Crippen molar-refractivity contribution in [3.8, 4) is 0 Å². The maximum atomic E-state index is 12.1. The van der Waals surface area contributed by atoms with E-state index in [1.807, 2.05) is 0 Å². The molecule has 0 atom stereocenters. The summed E-state index contributed by atoms with van der Waals surface area (Å²) >= 11 is 9.16. The van der Waals surface area contributed by atoms with E-state index in [0.29, 0.717) is 15.2 Å². The minimum atomic E-state index is -1.21. The van der Waals surface area contributed by atoms with Crippen molar-refractivity contribution in [2.24, 2.45) is 0 Å². The number of rotatable bonds is 3. The summed E-state index contributed by atoms with van der Waals surface area (Å²) in [5, 5.41) is 12.0. The lowest BCUT2D eigenvalue weighted by molar-refractivity contribution is 0.0692. The molecule has 7 heteroatoms. The van der Waals surface area contributed by atoms with Crippen LogP contribution in [-0.2, 0) is 0 Å². The van der Waals surface area contributed by atoms with Gasteiger partial charge in [-0.05, 0) is 40.2 Å². The number of carboxylic acid groups (broad SMARTS) is 1. The smallest absolute Gasteiger partial charge is 0.338 e. The standard InChI is InChI=1S/C13H8BrClN2O3/c14-10-2-1-7(5-11(10)15)17-12(18)8-3-4-16-6-9(8)13(19)20/h1-6H,(H,17,18)(H,19,20). The summed E-state index contributed by atoms with van der Waals surface area (Å²) in [6.07, 6.45) is 2.49. The normalized spacial score (nSPS) is 10.1. The van der Waals surface area contributed by atoms with E-state index in [1.54, 1.807) is 18.2 Å². The predicted octanol–water partition coefficient (Wildman–Crippen LogP) is 3.45. The van der Waals surface area contributed by atoms with Crippen molar-refractivity contribution in [3.05, 3.63) is 57.3 Å². The number of nitrogens with one attached hydrogen (secondary N) is 1. The molecule has 0 spiro atoms. The quantitative estimate of drug-likeness (QED) is 0.884. The molecule has 20 heavy (non-hydrogen) atoms. The van der Waals surface area contributed by atoms with E-state index >= 15 is 0 Å². The fraction of sp³-hybridized carbons (Fsp3) is 0. The van der Waals surface area contributed by atoms with Crippen molar-refractivity contribution in [2.45, 2.75) is 0 Å². The number of carboxylic acids is 1. The number of hydrogen-bond donors (Lipinski definition) is 2. The zero-order chi connectivity index (χ0) is 14.7. The zero-order valence-electron chi connectivity index (χ0n) is 9.93. The van der Waals surface area contributed by atoms with Gasteiger partial charge in [-0.25, -0.2) is 4.79 Å². The van der Waals surface area contributed by atoms with Crippen LogP contribution in [0.15, 0.2) is 41.1 Å². The Kier molecular flexibility index (Phi) is 4.36. The topological polar surface area (TPSA) is 79.3 Å². The maximum absolute atomic E-state index is 12.1. The molecule has 102 valence electrons. The van der Waals surface area contributed by atoms with Crippen molar-refractivity contribution in [1.29, 1.82) is 0 Å². The van der Waals surface area contributed by atoms with E-state index < -0.39 is 11.9 Å². The number of aromatic nitrogens is 1. The van der Waals surface area contributed by atoms with Crippen LogP contribution in [0, 0.1) is 0 Å². The molecule has 0 unspecified atom stereocenters. The average molecular weight is 356 g/mol. The van der Waals surface area contributed by atoms with Crippen LogP contribution in [0.5, 0.6) is 0 Å². The molecule has 0 saturated carbocycles. The lowest BCUT2D eigenvalue weighted by atomic mass is 10.1. The summed E-state index contributed by atoms with van der Waals surface area (Å²) < 4.78 is 0.701. The number of aromatic carboxylic acids is 1. The van der Waals surface area contributed by atoms with Gasteiger partial charge in [-0.15, -0.1) is 0 Å². The van der Waals surface area contributed by atoms with Gasteiger partial charge in [0, 0.05) is 22.6 Å². The maximum Gasteiger partial charge on any atom is 0.338 e. The summed E-state index contributed by atoms with van der Waals surface area (Å²) in [7, 11) is 0. The van der Waals surface area contributed by atoms with Crippen LogP contribution < -0.4 is 5.32 Å². The molecular formula is C13H8BrClN2O3. The minimum absolute atomic E-state index is 0.0338. The summed E-state index contributed by atoms with van der Waals surface area (Å²) in [6.45, 7) is 0. The van der Waals surface area contributed by atoms with E-state index in [4.69, 9.17) is 16.7 Å². The summed E-state index contributed by atoms with van der Waals surface area (Å²) in [5.74, 6) is -1.75. The first-order chi connectivity index (χ1) is 9.49. The Morgan fingerprint density at radius 1 is 1.25 bits per heavy atom. The third kappa shape index (κ3) is 3.15. The minimum Gasteiger partial charge on any atom is -0.478 e. The highest BCUT2D eigenvalue weighted by atomic mass is 79.9. The Labute approximate surface area is 127 Å². The molecule has 0 aliphatic heterocycles. The van der Waals surface area contributed by atoms with Gasteiger partial charge in [0.1, 0.15) is 0 Å². The molecule has 1 amide bonds. The number of halogens is 2. The second kappa shape index (κ2) is 6.02. The molecule has 0 saturated heterocycles. The first kappa shape index (κ1) is 14.5. The second-order valence-corrected chi connectivity index (χ2v) is 5.07. The Bertz CT molecular complexity index is 691. The van der Waals surface area contributed by atoms with Crippen molar-refractivity contribution in [3.63, 3.8) is 0 Å². The highest BCUT2D eigenvalue weighted by Gasteiger charge is 2.16. The number of amides is 1. The average Bonchev–Trinajstić information content (AvgIpc) is 2.43. The molecule has 2 rings (SSSR count). The summed E-state index contributed by atoms with van der Waals surface area (Å²) in [4.78, 5) is 26.8. The molecule has 2 N–H and O–H groups in total. The number of pyridine rings is 1. The molecule has 1 aromatic heterocycles. The highest BCUT2D eigenvalue weighted by Crippen LogP contribution is 2.25. The van der Waals surface area contributed by atoms with Gasteiger partial charge in [0.2, 0.25) is 0 Å². The van der Waals surface area contributed by atoms with Crippen molar-refractivity contribution >= 4 is 45.1 Å². The number of carbonyl (C=O) groups is 2. The van der Waals surface area contributed by atoms with Gasteiger partial charge in [0.15, 0.2) is 0 Å². The number of anilines is 1. The van der Waals surface area contributed by atoms with Crippen LogP contribution in [-0.4, -0.2) is 22.0 Å². The molecule has 0 aliphatic rings. The van der Waals surface area contributed by atoms with Crippen molar-refractivity contribution in [1.82, 2.24) is 4.98 Å². The van der Waals surface area contributed by atoms with Gasteiger partial charge in [-0.3, -0.25) is 9.78 Å². The van der Waals surface area contributed by atoms with E-state index in [0.717, 1.165) is 6.20 Å². The van der Waals surface area contributed by atoms with Gasteiger partial charge in [-0.2, -0.15) is 0 Å². The Hall–Kier alpha value is -1.92. The number of nitrogens with zero attached hydrogens (tertiary/aromatic N) is 1. The van der Waals surface area contributed by atoms with Gasteiger partial charge in [-0.1, -0.05) is 11.6 Å². The fourth-order valence-electron chi connectivity index (χ4n) is 1.54. The van der Waals surface area contributed by atoms with Crippen LogP contribution in [0.25, 0.3) is 0 Å². The van der Waals surface area contributed by atoms with Crippen LogP contribution in [0.3, 0.4) is 0 Å². The predicted molar refractivity (Wildman–Crippen MR) is 78.3 cm³/mol. The molecule has 5 nitrogen and oxygen atoms in total. The Balaban J connectivity index is 2.28. The molecule has 0 fully saturated rings. The molecule has 2 aromatic rings. The van der Waals surface area contributed by atoms with Crippen LogP contribution in [0.4, 0.5) is 5.69 Å². The molecule has 0 aliphatic carbocycles. The first-order valence-electron chi connectivity index (χ1n) is 5.42. The number of benzene rings is 1. The first-order valence-corrected chi connectivity index (χ1v) is 6.60. The number of carbonyl (C=O) groups excluding carboxylic acids is 1. The van der Waals surface area contributed by atoms with E-state index in [2.05, 4.69) is 26.2 Å². The molecule has 0 bridgehead atoms. The highest BCUT2D eigenvalue weighted by molar-refractivity contribution is 9.10. The second-order valence-electron chi connectivity index (χ2n) is 3.81. The largest absolute Gasteiger partial charge is 0.478 e. The van der Waals surface area contributed by atoms with Crippen LogP contribution in [0.2, 0.25) is 5.02 Å². The Morgan fingerprint density at radius 2 is 2.00 bits per heavy atom. The lowest BCUT2D eigenvalue weighted by Gasteiger charge is -2.08. The van der Waals surface area contributed by atoms with Crippen LogP contribution in [0.1, 0.15) is 20.7 Å². The van der Waals surface area contributed by atoms with E-state index in [9.17, 15) is 9.59 Å². The van der Waals surface area contributed by atoms with Gasteiger partial charge >= 0.3 is 5.97 Å². The molecular weight excluding hydrogens is 348 g/mol. The zero-order valence-corrected chi connectivity index (χ0v) is 12.3. The third-order valence-electron chi connectivity index (χ3n) is 2.47. The molecule has 1 aromatic carbocycles. The monoisotopic (exact) mass is 354 g/mol. The van der Waals surface area contributed by atoms with Crippen molar-refractivity contribution in [2.75, 3.05) is 5.32 Å². The van der Waals surface area contributed by atoms with Crippen molar-refractivity contribution < 1.29 is 14.7 Å². The summed E-state index contributed by atoms with van der Waals surface area (Å²) in [6, 6.07) is 6.24. The fourth-order valence-corrected chi connectivity index (χ4v) is 1.96. The van der Waals surface area contributed by atoms with Gasteiger partial charge < -0.3 is 10.4 Å². The van der Waals surface area contributed by atoms with Gasteiger partial charge in [0.05, 0.1) is 16.1 Å². The SMILES string of the molecule is O=C(O)c1cnccc1C(=O)Nc1ccc(Br)c(Cl)c1. The van der Waals surface area contributed by atoms with E-state index in [1.165, 1.54) is 12.3 Å². The third-order valence-corrected chi connectivity index (χ3v) is 3.71. The van der Waals surface area contributed by atoms with Gasteiger partial charge in [0.25, 0.3) is 5.91 Å².